The van der Waals surface area contributed by atoms with Crippen molar-refractivity contribution in [1.29, 1.82) is 0 Å². The second kappa shape index (κ2) is 6.84. The van der Waals surface area contributed by atoms with Crippen LogP contribution in [0, 0.1) is 5.92 Å². The first-order valence-electron chi connectivity index (χ1n) is 8.34. The maximum atomic E-state index is 12.5. The third-order valence-corrected chi connectivity index (χ3v) is 5.25. The molecule has 1 saturated carbocycles. The average Bonchev–Trinajstić information content (AvgIpc) is 3.38. The topological polar surface area (TPSA) is 75.2 Å². The summed E-state index contributed by atoms with van der Waals surface area (Å²) in [5.74, 6) is -0.270. The number of hydrogen-bond acceptors (Lipinski definition) is 5. The van der Waals surface area contributed by atoms with Gasteiger partial charge in [0, 0.05) is 37.1 Å². The molecule has 1 aliphatic carbocycles. The van der Waals surface area contributed by atoms with Gasteiger partial charge in [-0.25, -0.2) is 9.97 Å². The zero-order valence-corrected chi connectivity index (χ0v) is 14.4. The van der Waals surface area contributed by atoms with Gasteiger partial charge in [0.15, 0.2) is 0 Å². The molecule has 128 valence electrons. The Bertz CT molecular complexity index is 795. The van der Waals surface area contributed by atoms with E-state index in [-0.39, 0.29) is 17.7 Å². The molecule has 3 heterocycles. The molecule has 1 aliphatic heterocycles. The van der Waals surface area contributed by atoms with E-state index in [0.717, 1.165) is 22.9 Å². The van der Waals surface area contributed by atoms with E-state index in [0.29, 0.717) is 24.7 Å². The van der Waals surface area contributed by atoms with Crippen molar-refractivity contribution in [2.24, 2.45) is 5.92 Å². The number of amides is 2. The Hall–Kier alpha value is -2.41. The molecule has 2 aliphatic rings. The smallest absolute Gasteiger partial charge is 0.229 e. The summed E-state index contributed by atoms with van der Waals surface area (Å²) in [6, 6.07) is 9.65. The first-order chi connectivity index (χ1) is 12.2. The first-order valence-corrected chi connectivity index (χ1v) is 9.16. The standard InChI is InChI=1S/C18H18N4O2S/c23-17-9-12(11-22(17)14-4-5-14)18(24)21-13-6-8-20-16(10-13)25-15-3-1-2-7-19-15/h1-3,6-8,10,12,14H,4-5,9,11H2,(H,20,21,24)/t12-/m0/s1. The lowest BCUT2D eigenvalue weighted by atomic mass is 10.1. The predicted octanol–water partition coefficient (Wildman–Crippen LogP) is 2.58. The van der Waals surface area contributed by atoms with E-state index >= 15 is 0 Å². The highest BCUT2D eigenvalue weighted by atomic mass is 32.2. The fourth-order valence-corrected chi connectivity index (χ4v) is 3.72. The van der Waals surface area contributed by atoms with Crippen molar-refractivity contribution >= 4 is 29.3 Å². The number of hydrogen-bond donors (Lipinski definition) is 1. The predicted molar refractivity (Wildman–Crippen MR) is 94.1 cm³/mol. The molecule has 0 unspecified atom stereocenters. The maximum absolute atomic E-state index is 12.5. The number of carbonyl (C=O) groups is 2. The van der Waals surface area contributed by atoms with Crippen LogP contribution < -0.4 is 5.32 Å². The number of aromatic nitrogens is 2. The lowest BCUT2D eigenvalue weighted by molar-refractivity contribution is -0.128. The molecular weight excluding hydrogens is 336 g/mol. The third-order valence-electron chi connectivity index (χ3n) is 4.37. The van der Waals surface area contributed by atoms with Crippen molar-refractivity contribution in [3.05, 3.63) is 42.7 Å². The van der Waals surface area contributed by atoms with Gasteiger partial charge in [-0.1, -0.05) is 17.8 Å². The number of carbonyl (C=O) groups excluding carboxylic acids is 2. The molecule has 4 rings (SSSR count). The van der Waals surface area contributed by atoms with Crippen molar-refractivity contribution in [1.82, 2.24) is 14.9 Å². The van der Waals surface area contributed by atoms with E-state index in [9.17, 15) is 9.59 Å². The number of nitrogens with one attached hydrogen (secondary N) is 1. The molecule has 0 radical (unpaired) electrons. The van der Waals surface area contributed by atoms with Crippen LogP contribution in [-0.4, -0.2) is 39.3 Å². The van der Waals surface area contributed by atoms with Gasteiger partial charge in [0.2, 0.25) is 11.8 Å². The van der Waals surface area contributed by atoms with Crippen molar-refractivity contribution in [2.75, 3.05) is 11.9 Å². The van der Waals surface area contributed by atoms with Crippen LogP contribution >= 0.6 is 11.8 Å². The summed E-state index contributed by atoms with van der Waals surface area (Å²) in [5.41, 5.74) is 0.691. The van der Waals surface area contributed by atoms with Crippen LogP contribution in [0.3, 0.4) is 0 Å². The molecule has 0 aromatic carbocycles. The van der Waals surface area contributed by atoms with Crippen LogP contribution in [0.2, 0.25) is 0 Å². The summed E-state index contributed by atoms with van der Waals surface area (Å²) in [5, 5.41) is 4.53. The second-order valence-corrected chi connectivity index (χ2v) is 7.36. The lowest BCUT2D eigenvalue weighted by Gasteiger charge is -2.15. The first kappa shape index (κ1) is 16.1. The summed E-state index contributed by atoms with van der Waals surface area (Å²) in [6.07, 6.45) is 5.84. The van der Waals surface area contributed by atoms with Crippen LogP contribution in [0.25, 0.3) is 0 Å². The van der Waals surface area contributed by atoms with Crippen LogP contribution in [0.4, 0.5) is 5.69 Å². The van der Waals surface area contributed by atoms with Crippen LogP contribution in [0.1, 0.15) is 19.3 Å². The van der Waals surface area contributed by atoms with Gasteiger partial charge in [0.25, 0.3) is 0 Å². The minimum Gasteiger partial charge on any atom is -0.339 e. The summed E-state index contributed by atoms with van der Waals surface area (Å²) in [4.78, 5) is 34.9. The summed E-state index contributed by atoms with van der Waals surface area (Å²) in [6.45, 7) is 0.538. The summed E-state index contributed by atoms with van der Waals surface area (Å²) < 4.78 is 0. The van der Waals surface area contributed by atoms with Crippen LogP contribution in [0.5, 0.6) is 0 Å². The highest BCUT2D eigenvalue weighted by Crippen LogP contribution is 2.33. The molecule has 2 aromatic heterocycles. The van der Waals surface area contributed by atoms with E-state index in [1.54, 1.807) is 18.5 Å². The van der Waals surface area contributed by atoms with Crippen molar-refractivity contribution in [3.8, 4) is 0 Å². The van der Waals surface area contributed by atoms with Crippen molar-refractivity contribution < 1.29 is 9.59 Å². The van der Waals surface area contributed by atoms with E-state index < -0.39 is 0 Å². The van der Waals surface area contributed by atoms with Gasteiger partial charge in [0.1, 0.15) is 10.1 Å². The van der Waals surface area contributed by atoms with Gasteiger partial charge in [-0.3, -0.25) is 9.59 Å². The molecule has 25 heavy (non-hydrogen) atoms. The van der Waals surface area contributed by atoms with Crippen molar-refractivity contribution in [2.45, 2.75) is 35.4 Å². The number of anilines is 1. The van der Waals surface area contributed by atoms with Gasteiger partial charge in [-0.2, -0.15) is 0 Å². The molecular formula is C18H18N4O2S. The second-order valence-electron chi connectivity index (χ2n) is 6.32. The van der Waals surface area contributed by atoms with Crippen molar-refractivity contribution in [3.63, 3.8) is 0 Å². The average molecular weight is 354 g/mol. The molecule has 2 amide bonds. The normalized spacial score (nSPS) is 19.9. The molecule has 7 heteroatoms. The molecule has 2 fully saturated rings. The van der Waals surface area contributed by atoms with E-state index in [1.807, 2.05) is 29.2 Å². The Morgan fingerprint density at radius 3 is 2.76 bits per heavy atom. The lowest BCUT2D eigenvalue weighted by Crippen LogP contribution is -2.29. The maximum Gasteiger partial charge on any atom is 0.229 e. The molecule has 2 aromatic rings. The quantitative estimate of drug-likeness (QED) is 0.893. The van der Waals surface area contributed by atoms with E-state index in [2.05, 4.69) is 15.3 Å². The Morgan fingerprint density at radius 1 is 1.16 bits per heavy atom. The van der Waals surface area contributed by atoms with Gasteiger partial charge in [-0.15, -0.1) is 0 Å². The minimum absolute atomic E-state index is 0.100. The molecule has 0 spiro atoms. The Kier molecular flexibility index (Phi) is 4.40. The number of rotatable bonds is 5. The SMILES string of the molecule is O=C(Nc1ccnc(Sc2ccccn2)c1)[C@H]1CC(=O)N(C2CC2)C1. The van der Waals surface area contributed by atoms with Crippen LogP contribution in [-0.2, 0) is 9.59 Å². The Morgan fingerprint density at radius 2 is 2.00 bits per heavy atom. The largest absolute Gasteiger partial charge is 0.339 e. The van der Waals surface area contributed by atoms with Gasteiger partial charge in [0.05, 0.1) is 5.92 Å². The molecule has 1 N–H and O–H groups in total. The third kappa shape index (κ3) is 3.82. The summed E-state index contributed by atoms with van der Waals surface area (Å²) in [7, 11) is 0. The van der Waals surface area contributed by atoms with Gasteiger partial charge >= 0.3 is 0 Å². The Labute approximate surface area is 150 Å². The molecule has 1 saturated heterocycles. The minimum atomic E-state index is -0.270. The van der Waals surface area contributed by atoms with Gasteiger partial charge in [-0.05, 0) is 37.1 Å². The molecule has 0 bridgehead atoms. The highest BCUT2D eigenvalue weighted by Gasteiger charge is 2.41. The number of nitrogens with zero attached hydrogens (tertiary/aromatic N) is 3. The highest BCUT2D eigenvalue weighted by molar-refractivity contribution is 7.99. The zero-order valence-electron chi connectivity index (χ0n) is 13.6. The molecule has 1 atom stereocenters. The number of likely N-dealkylation sites (tertiary alicyclic amines) is 1. The fourth-order valence-electron chi connectivity index (χ4n) is 2.95. The number of pyridine rings is 2. The monoisotopic (exact) mass is 354 g/mol. The zero-order chi connectivity index (χ0) is 17.2. The molecule has 6 nitrogen and oxygen atoms in total. The summed E-state index contributed by atoms with van der Waals surface area (Å²) >= 11 is 1.44. The van der Waals surface area contributed by atoms with E-state index in [4.69, 9.17) is 0 Å². The Balaban J connectivity index is 1.40. The van der Waals surface area contributed by atoms with Gasteiger partial charge < -0.3 is 10.2 Å². The van der Waals surface area contributed by atoms with Crippen LogP contribution in [0.15, 0.2) is 52.8 Å². The fraction of sp³-hybridized carbons (Fsp3) is 0.333. The van der Waals surface area contributed by atoms with E-state index in [1.165, 1.54) is 11.8 Å².